The highest BCUT2D eigenvalue weighted by atomic mass is 79.9. The van der Waals surface area contributed by atoms with E-state index in [2.05, 4.69) is 15.9 Å². The highest BCUT2D eigenvalue weighted by Crippen LogP contribution is 2.38. The van der Waals surface area contributed by atoms with Crippen molar-refractivity contribution in [2.45, 2.75) is 19.4 Å². The quantitative estimate of drug-likeness (QED) is 0.897. The molecule has 0 aromatic heterocycles. The van der Waals surface area contributed by atoms with Crippen LogP contribution in [0.25, 0.3) is 0 Å². The second kappa shape index (κ2) is 4.41. The largest absolute Gasteiger partial charge is 0.486 e. The molecule has 2 rings (SSSR count). The van der Waals surface area contributed by atoms with Crippen molar-refractivity contribution in [3.05, 3.63) is 22.2 Å². The lowest BCUT2D eigenvalue weighted by Gasteiger charge is -2.22. The van der Waals surface area contributed by atoms with E-state index in [9.17, 15) is 5.11 Å². The van der Waals surface area contributed by atoms with Crippen LogP contribution < -0.4 is 9.47 Å². The van der Waals surface area contributed by atoms with E-state index < -0.39 is 6.10 Å². The third-order valence-electron chi connectivity index (χ3n) is 2.25. The maximum Gasteiger partial charge on any atom is 0.165 e. The highest BCUT2D eigenvalue weighted by molar-refractivity contribution is 9.10. The molecule has 1 aliphatic heterocycles. The maximum absolute atomic E-state index is 9.41. The fourth-order valence-electron chi connectivity index (χ4n) is 1.64. The molecule has 4 heteroatoms. The summed E-state index contributed by atoms with van der Waals surface area (Å²) in [6.45, 7) is 2.91. The molecule has 82 valence electrons. The Bertz CT molecular complexity index is 363. The van der Waals surface area contributed by atoms with Crippen molar-refractivity contribution in [2.24, 2.45) is 0 Å². The Balaban J connectivity index is 2.41. The summed E-state index contributed by atoms with van der Waals surface area (Å²) in [5, 5.41) is 9.41. The minimum Gasteiger partial charge on any atom is -0.486 e. The average Bonchev–Trinajstić information content (AvgIpc) is 2.22. The zero-order chi connectivity index (χ0) is 10.8. The normalized spacial score (nSPS) is 16.2. The van der Waals surface area contributed by atoms with Gasteiger partial charge in [0.1, 0.15) is 13.2 Å². The summed E-state index contributed by atoms with van der Waals surface area (Å²) >= 11 is 3.46. The van der Waals surface area contributed by atoms with Gasteiger partial charge < -0.3 is 14.6 Å². The van der Waals surface area contributed by atoms with Gasteiger partial charge >= 0.3 is 0 Å². The fourth-order valence-corrected chi connectivity index (χ4v) is 2.11. The first-order valence-corrected chi connectivity index (χ1v) is 5.73. The van der Waals surface area contributed by atoms with E-state index in [0.29, 0.717) is 19.6 Å². The van der Waals surface area contributed by atoms with Crippen molar-refractivity contribution in [2.75, 3.05) is 13.2 Å². The van der Waals surface area contributed by atoms with Crippen LogP contribution in [0.3, 0.4) is 0 Å². The van der Waals surface area contributed by atoms with Gasteiger partial charge in [-0.3, -0.25) is 0 Å². The Morgan fingerprint density at radius 1 is 1.40 bits per heavy atom. The van der Waals surface area contributed by atoms with Gasteiger partial charge in [-0.2, -0.15) is 0 Å². The van der Waals surface area contributed by atoms with Crippen LogP contribution >= 0.6 is 15.9 Å². The molecular weight excluding hydrogens is 260 g/mol. The summed E-state index contributed by atoms with van der Waals surface area (Å²) in [6, 6.07) is 3.80. The van der Waals surface area contributed by atoms with E-state index in [1.165, 1.54) is 0 Å². The van der Waals surface area contributed by atoms with Gasteiger partial charge in [0.25, 0.3) is 0 Å². The standard InChI is InChI=1S/C11H13BrO3/c1-7(13)6-8-9(12)2-3-10-11(8)15-5-4-14-10/h2-3,7,13H,4-6H2,1H3. The second-order valence-corrected chi connectivity index (χ2v) is 4.46. The molecule has 3 nitrogen and oxygen atoms in total. The highest BCUT2D eigenvalue weighted by Gasteiger charge is 2.19. The predicted octanol–water partition coefficient (Wildman–Crippen LogP) is 2.14. The molecule has 0 saturated heterocycles. The number of hydrogen-bond donors (Lipinski definition) is 1. The topological polar surface area (TPSA) is 38.7 Å². The molecule has 1 heterocycles. The van der Waals surface area contributed by atoms with E-state index in [4.69, 9.17) is 9.47 Å². The molecule has 1 aliphatic rings. The molecule has 0 radical (unpaired) electrons. The first-order chi connectivity index (χ1) is 7.18. The monoisotopic (exact) mass is 272 g/mol. The molecule has 0 saturated carbocycles. The van der Waals surface area contributed by atoms with E-state index in [0.717, 1.165) is 21.5 Å². The molecule has 0 fully saturated rings. The van der Waals surface area contributed by atoms with Crippen LogP contribution in [0, 0.1) is 0 Å². The first kappa shape index (κ1) is 10.8. The molecule has 1 aromatic rings. The van der Waals surface area contributed by atoms with Crippen molar-refractivity contribution < 1.29 is 14.6 Å². The molecule has 1 unspecified atom stereocenters. The number of hydrogen-bond acceptors (Lipinski definition) is 3. The Labute approximate surface area is 97.1 Å². The van der Waals surface area contributed by atoms with Gasteiger partial charge in [-0.1, -0.05) is 15.9 Å². The van der Waals surface area contributed by atoms with E-state index in [1.54, 1.807) is 6.92 Å². The molecule has 1 aromatic carbocycles. The van der Waals surface area contributed by atoms with Gasteiger partial charge in [-0.15, -0.1) is 0 Å². The van der Waals surface area contributed by atoms with E-state index in [-0.39, 0.29) is 0 Å². The van der Waals surface area contributed by atoms with Gasteiger partial charge in [0.2, 0.25) is 0 Å². The van der Waals surface area contributed by atoms with Gasteiger partial charge in [0.05, 0.1) is 6.10 Å². The summed E-state index contributed by atoms with van der Waals surface area (Å²) in [7, 11) is 0. The smallest absolute Gasteiger partial charge is 0.165 e. The third kappa shape index (κ3) is 2.26. The van der Waals surface area contributed by atoms with E-state index in [1.807, 2.05) is 12.1 Å². The van der Waals surface area contributed by atoms with Crippen molar-refractivity contribution in [1.29, 1.82) is 0 Å². The number of ether oxygens (including phenoxy) is 2. The second-order valence-electron chi connectivity index (χ2n) is 3.60. The summed E-state index contributed by atoms with van der Waals surface area (Å²) in [4.78, 5) is 0. The molecule has 1 atom stereocenters. The van der Waals surface area contributed by atoms with Crippen LogP contribution in [0.4, 0.5) is 0 Å². The van der Waals surface area contributed by atoms with Crippen LogP contribution in [0.15, 0.2) is 16.6 Å². The molecule has 0 amide bonds. The zero-order valence-corrected chi connectivity index (χ0v) is 10.1. The Morgan fingerprint density at radius 2 is 2.13 bits per heavy atom. The number of aliphatic hydroxyl groups excluding tert-OH is 1. The lowest BCUT2D eigenvalue weighted by molar-refractivity contribution is 0.163. The van der Waals surface area contributed by atoms with Gasteiger partial charge in [0, 0.05) is 16.5 Å². The molecule has 15 heavy (non-hydrogen) atoms. The van der Waals surface area contributed by atoms with Gasteiger partial charge in [-0.05, 0) is 19.1 Å². The van der Waals surface area contributed by atoms with Crippen LogP contribution in [0.5, 0.6) is 11.5 Å². The van der Waals surface area contributed by atoms with Crippen molar-refractivity contribution >= 4 is 15.9 Å². The van der Waals surface area contributed by atoms with Gasteiger partial charge in [-0.25, -0.2) is 0 Å². The Kier molecular flexibility index (Phi) is 3.17. The molecule has 0 spiro atoms. The number of fused-ring (bicyclic) bond motifs is 1. The number of benzene rings is 1. The van der Waals surface area contributed by atoms with E-state index >= 15 is 0 Å². The molecule has 0 aliphatic carbocycles. The van der Waals surface area contributed by atoms with Crippen LogP contribution in [-0.2, 0) is 6.42 Å². The summed E-state index contributed by atoms with van der Waals surface area (Å²) in [5.41, 5.74) is 0.974. The maximum atomic E-state index is 9.41. The predicted molar refractivity (Wildman–Crippen MR) is 60.5 cm³/mol. The summed E-state index contributed by atoms with van der Waals surface area (Å²) in [6.07, 6.45) is 0.172. The lowest BCUT2D eigenvalue weighted by Crippen LogP contribution is -2.18. The van der Waals surface area contributed by atoms with Gasteiger partial charge in [0.15, 0.2) is 11.5 Å². The Hall–Kier alpha value is -0.740. The SMILES string of the molecule is CC(O)Cc1c(Br)ccc2c1OCCO2. The molecule has 0 bridgehead atoms. The van der Waals surface area contributed by atoms with Crippen molar-refractivity contribution in [1.82, 2.24) is 0 Å². The van der Waals surface area contributed by atoms with Crippen LogP contribution in [0.1, 0.15) is 12.5 Å². The van der Waals surface area contributed by atoms with Crippen LogP contribution in [0.2, 0.25) is 0 Å². The average molecular weight is 273 g/mol. The fraction of sp³-hybridized carbons (Fsp3) is 0.455. The zero-order valence-electron chi connectivity index (χ0n) is 8.50. The number of aliphatic hydroxyl groups is 1. The van der Waals surface area contributed by atoms with Crippen molar-refractivity contribution in [3.8, 4) is 11.5 Å². The number of halogens is 1. The minimum atomic E-state index is -0.390. The first-order valence-electron chi connectivity index (χ1n) is 4.93. The molecule has 1 N–H and O–H groups in total. The number of rotatable bonds is 2. The third-order valence-corrected chi connectivity index (χ3v) is 3.00. The summed E-state index contributed by atoms with van der Waals surface area (Å²) in [5.74, 6) is 1.52. The van der Waals surface area contributed by atoms with Crippen LogP contribution in [-0.4, -0.2) is 24.4 Å². The lowest BCUT2D eigenvalue weighted by atomic mass is 10.1. The molecular formula is C11H13BrO3. The summed E-state index contributed by atoms with van der Waals surface area (Å²) < 4.78 is 12.0. The van der Waals surface area contributed by atoms with Crippen molar-refractivity contribution in [3.63, 3.8) is 0 Å². The minimum absolute atomic E-state index is 0.390. The Morgan fingerprint density at radius 3 is 2.87 bits per heavy atom.